The molecule has 1 atom stereocenters. The van der Waals surface area contributed by atoms with Crippen molar-refractivity contribution in [1.29, 1.82) is 0 Å². The fourth-order valence-corrected chi connectivity index (χ4v) is 1.18. The van der Waals surface area contributed by atoms with Crippen LogP contribution >= 0.6 is 0 Å². The monoisotopic (exact) mass is 200 g/mol. The van der Waals surface area contributed by atoms with Crippen molar-refractivity contribution in [3.05, 3.63) is 11.3 Å². The predicted molar refractivity (Wildman–Crippen MR) is 46.5 cm³/mol. The molecule has 1 aliphatic heterocycles. The van der Waals surface area contributed by atoms with Crippen LogP contribution in [0.4, 0.5) is 0 Å². The largest absolute Gasteiger partial charge is 0.501 e. The fourth-order valence-electron chi connectivity index (χ4n) is 1.18. The maximum Gasteiger partial charge on any atom is 0.373 e. The maximum atomic E-state index is 11.1. The van der Waals surface area contributed by atoms with Crippen LogP contribution in [0, 0.1) is 0 Å². The molecule has 0 saturated carbocycles. The minimum absolute atomic E-state index is 0.00375. The average Bonchev–Trinajstić information content (AvgIpc) is 2.44. The number of esters is 2. The van der Waals surface area contributed by atoms with Gasteiger partial charge in [0.1, 0.15) is 6.10 Å². The molecule has 14 heavy (non-hydrogen) atoms. The van der Waals surface area contributed by atoms with Crippen molar-refractivity contribution >= 4 is 11.9 Å². The molecular weight excluding hydrogens is 188 g/mol. The van der Waals surface area contributed by atoms with Crippen LogP contribution in [0.1, 0.15) is 20.3 Å². The second-order valence-corrected chi connectivity index (χ2v) is 2.97. The summed E-state index contributed by atoms with van der Waals surface area (Å²) in [6.45, 7) is 3.45. The van der Waals surface area contributed by atoms with E-state index in [1.165, 1.54) is 0 Å². The van der Waals surface area contributed by atoms with Gasteiger partial charge in [-0.25, -0.2) is 9.59 Å². The van der Waals surface area contributed by atoms with Gasteiger partial charge < -0.3 is 14.6 Å². The SMILES string of the molecule is CCOC(=O)C(O)=C1CC(C)OC1=O. The molecule has 0 aromatic heterocycles. The standard InChI is InChI=1S/C9H12O5/c1-3-13-9(12)7(10)6-4-5(2)14-8(6)11/h5,10H,3-4H2,1-2H3. The van der Waals surface area contributed by atoms with Crippen LogP contribution in [0.3, 0.4) is 0 Å². The van der Waals surface area contributed by atoms with Crippen molar-refractivity contribution in [3.63, 3.8) is 0 Å². The number of hydrogen-bond donors (Lipinski definition) is 1. The zero-order valence-corrected chi connectivity index (χ0v) is 8.07. The third-order valence-corrected chi connectivity index (χ3v) is 1.80. The first kappa shape index (κ1) is 10.6. The summed E-state index contributed by atoms with van der Waals surface area (Å²) in [5.74, 6) is -2.17. The molecule has 0 amide bonds. The van der Waals surface area contributed by atoms with Crippen molar-refractivity contribution < 1.29 is 24.2 Å². The Morgan fingerprint density at radius 3 is 2.79 bits per heavy atom. The molecule has 5 heteroatoms. The lowest BCUT2D eigenvalue weighted by atomic mass is 10.1. The summed E-state index contributed by atoms with van der Waals surface area (Å²) in [7, 11) is 0. The Balaban J connectivity index is 2.83. The summed E-state index contributed by atoms with van der Waals surface area (Å²) in [5, 5.41) is 9.34. The van der Waals surface area contributed by atoms with E-state index in [0.29, 0.717) is 0 Å². The van der Waals surface area contributed by atoms with E-state index in [1.807, 2.05) is 0 Å². The first-order valence-corrected chi connectivity index (χ1v) is 4.36. The van der Waals surface area contributed by atoms with E-state index >= 15 is 0 Å². The van der Waals surface area contributed by atoms with Crippen molar-refractivity contribution in [2.24, 2.45) is 0 Å². The molecule has 5 nitrogen and oxygen atoms in total. The molecule has 0 aromatic carbocycles. The van der Waals surface area contributed by atoms with Crippen LogP contribution < -0.4 is 0 Å². The molecule has 0 radical (unpaired) electrons. The highest BCUT2D eigenvalue weighted by atomic mass is 16.6. The molecule has 1 N–H and O–H groups in total. The van der Waals surface area contributed by atoms with Crippen molar-refractivity contribution in [2.75, 3.05) is 6.61 Å². The van der Waals surface area contributed by atoms with Crippen LogP contribution in [0.5, 0.6) is 0 Å². The Labute approximate surface area is 81.3 Å². The maximum absolute atomic E-state index is 11.1. The van der Waals surface area contributed by atoms with Crippen LogP contribution in [0.2, 0.25) is 0 Å². The van der Waals surface area contributed by atoms with Crippen molar-refractivity contribution in [3.8, 4) is 0 Å². The number of hydrogen-bond acceptors (Lipinski definition) is 5. The van der Waals surface area contributed by atoms with Gasteiger partial charge in [0.15, 0.2) is 0 Å². The molecular formula is C9H12O5. The first-order valence-electron chi connectivity index (χ1n) is 4.36. The summed E-state index contributed by atoms with van der Waals surface area (Å²) in [6, 6.07) is 0. The Hall–Kier alpha value is -1.52. The molecule has 1 aliphatic rings. The normalized spacial score (nSPS) is 24.4. The second kappa shape index (κ2) is 4.13. The summed E-state index contributed by atoms with van der Waals surface area (Å²) in [4.78, 5) is 22.1. The van der Waals surface area contributed by atoms with E-state index < -0.39 is 17.7 Å². The molecule has 1 unspecified atom stereocenters. The Morgan fingerprint density at radius 1 is 1.71 bits per heavy atom. The van der Waals surface area contributed by atoms with Gasteiger partial charge in [-0.2, -0.15) is 0 Å². The molecule has 0 spiro atoms. The van der Waals surface area contributed by atoms with Gasteiger partial charge in [-0.1, -0.05) is 0 Å². The van der Waals surface area contributed by atoms with Gasteiger partial charge in [-0.3, -0.25) is 0 Å². The lowest BCUT2D eigenvalue weighted by Crippen LogP contribution is -2.11. The van der Waals surface area contributed by atoms with Gasteiger partial charge in [0, 0.05) is 6.42 Å². The minimum atomic E-state index is -0.881. The Kier molecular flexibility index (Phi) is 3.11. The van der Waals surface area contributed by atoms with Gasteiger partial charge in [-0.05, 0) is 13.8 Å². The highest BCUT2D eigenvalue weighted by Gasteiger charge is 2.31. The smallest absolute Gasteiger partial charge is 0.373 e. The molecule has 0 aromatic rings. The quantitative estimate of drug-likeness (QED) is 0.403. The van der Waals surface area contributed by atoms with E-state index in [9.17, 15) is 14.7 Å². The summed E-state index contributed by atoms with van der Waals surface area (Å²) >= 11 is 0. The molecule has 1 saturated heterocycles. The molecule has 1 fully saturated rings. The fraction of sp³-hybridized carbons (Fsp3) is 0.556. The summed E-state index contributed by atoms with van der Waals surface area (Å²) in [6.07, 6.45) is -0.0576. The number of aliphatic hydroxyl groups is 1. The first-order chi connectivity index (χ1) is 6.56. The van der Waals surface area contributed by atoms with Crippen LogP contribution in [-0.2, 0) is 19.1 Å². The zero-order valence-electron chi connectivity index (χ0n) is 8.07. The lowest BCUT2D eigenvalue weighted by Gasteiger charge is -2.01. The van der Waals surface area contributed by atoms with Gasteiger partial charge >= 0.3 is 11.9 Å². The Morgan fingerprint density at radius 2 is 2.36 bits per heavy atom. The van der Waals surface area contributed by atoms with E-state index in [2.05, 4.69) is 4.74 Å². The molecule has 1 rings (SSSR count). The third-order valence-electron chi connectivity index (χ3n) is 1.80. The molecule has 1 heterocycles. The molecule has 78 valence electrons. The topological polar surface area (TPSA) is 72.8 Å². The summed E-state index contributed by atoms with van der Waals surface area (Å²) in [5.41, 5.74) is -0.00375. The number of aliphatic hydroxyl groups excluding tert-OH is 1. The second-order valence-electron chi connectivity index (χ2n) is 2.97. The number of rotatable bonds is 2. The van der Waals surface area contributed by atoms with Crippen molar-refractivity contribution in [2.45, 2.75) is 26.4 Å². The van der Waals surface area contributed by atoms with Gasteiger partial charge in [0.05, 0.1) is 12.2 Å². The van der Waals surface area contributed by atoms with Crippen LogP contribution in [0.25, 0.3) is 0 Å². The van der Waals surface area contributed by atoms with E-state index in [4.69, 9.17) is 4.74 Å². The van der Waals surface area contributed by atoms with E-state index in [1.54, 1.807) is 13.8 Å². The minimum Gasteiger partial charge on any atom is -0.501 e. The van der Waals surface area contributed by atoms with E-state index in [0.717, 1.165) is 0 Å². The van der Waals surface area contributed by atoms with Crippen LogP contribution in [0.15, 0.2) is 11.3 Å². The molecule has 0 bridgehead atoms. The average molecular weight is 200 g/mol. The number of ether oxygens (including phenoxy) is 2. The highest BCUT2D eigenvalue weighted by molar-refractivity contribution is 5.99. The zero-order chi connectivity index (χ0) is 10.7. The number of carbonyl (C=O) groups is 2. The number of cyclic esters (lactones) is 1. The number of carbonyl (C=O) groups excluding carboxylic acids is 2. The van der Waals surface area contributed by atoms with Gasteiger partial charge in [-0.15, -0.1) is 0 Å². The van der Waals surface area contributed by atoms with Gasteiger partial charge in [0.25, 0.3) is 0 Å². The van der Waals surface area contributed by atoms with E-state index in [-0.39, 0.29) is 24.7 Å². The Bertz CT molecular complexity index is 292. The predicted octanol–water partition coefficient (Wildman–Crippen LogP) is 0.697. The van der Waals surface area contributed by atoms with Crippen LogP contribution in [-0.4, -0.2) is 29.8 Å². The third kappa shape index (κ3) is 2.04. The van der Waals surface area contributed by atoms with Gasteiger partial charge in [0.2, 0.25) is 5.76 Å². The lowest BCUT2D eigenvalue weighted by molar-refractivity contribution is -0.143. The molecule has 0 aliphatic carbocycles. The summed E-state index contributed by atoms with van der Waals surface area (Å²) < 4.78 is 9.30. The highest BCUT2D eigenvalue weighted by Crippen LogP contribution is 2.22. The van der Waals surface area contributed by atoms with Crippen molar-refractivity contribution in [1.82, 2.24) is 0 Å².